The maximum atomic E-state index is 11.1. The lowest BCUT2D eigenvalue weighted by molar-refractivity contribution is 0.104. The second-order valence-electron chi connectivity index (χ2n) is 1.92. The van der Waals surface area contributed by atoms with Crippen LogP contribution in [0.3, 0.4) is 0 Å². The van der Waals surface area contributed by atoms with Crippen LogP contribution in [0.1, 0.15) is 10.5 Å². The van der Waals surface area contributed by atoms with E-state index in [0.29, 0.717) is 4.64 Å². The molecular weight excluding hydrogens is 194 g/mol. The number of aromatic nitrogens is 3. The number of hydrogen-bond donors (Lipinski definition) is 2. The minimum Gasteiger partial charge on any atom is -0.287 e. The number of nitrogens with zero attached hydrogens (tertiary/aromatic N) is 1. The van der Waals surface area contributed by atoms with Gasteiger partial charge in [-0.05, 0) is 6.08 Å². The number of rotatable bonds is 2. The zero-order valence-corrected chi connectivity index (χ0v) is 7.59. The predicted molar refractivity (Wildman–Crippen MR) is 49.1 cm³/mol. The second-order valence-corrected chi connectivity index (χ2v) is 2.74. The summed E-state index contributed by atoms with van der Waals surface area (Å²) in [7, 11) is 0. The number of ketones is 1. The molecular formula is C6H5N3OS2. The summed E-state index contributed by atoms with van der Waals surface area (Å²) in [5, 5.41) is 8.52. The summed E-state index contributed by atoms with van der Waals surface area (Å²) in [6, 6.07) is 0. The minimum atomic E-state index is -0.337. The van der Waals surface area contributed by atoms with Gasteiger partial charge in [0.25, 0.3) is 0 Å². The normalized spacial score (nSPS) is 9.33. The molecule has 4 nitrogen and oxygen atoms in total. The van der Waals surface area contributed by atoms with Crippen molar-refractivity contribution in [3.63, 3.8) is 0 Å². The van der Waals surface area contributed by atoms with Crippen LogP contribution in [0.25, 0.3) is 0 Å². The fraction of sp³-hybridized carbons (Fsp3) is 0. The Bertz CT molecular complexity index is 431. The molecule has 0 aliphatic carbocycles. The summed E-state index contributed by atoms with van der Waals surface area (Å²) >= 11 is 9.64. The number of H-pyrrole nitrogens is 2. The SMILES string of the molecule is C=CC(=O)c1n[nH][nH]c(=S)c1=S. The summed E-state index contributed by atoms with van der Waals surface area (Å²) < 4.78 is 0.541. The Balaban J connectivity index is 3.46. The van der Waals surface area contributed by atoms with Crippen LogP contribution < -0.4 is 0 Å². The van der Waals surface area contributed by atoms with Gasteiger partial charge in [-0.3, -0.25) is 9.89 Å². The van der Waals surface area contributed by atoms with Crippen molar-refractivity contribution in [1.29, 1.82) is 0 Å². The van der Waals surface area contributed by atoms with Gasteiger partial charge < -0.3 is 0 Å². The molecule has 0 spiro atoms. The first-order chi connectivity index (χ1) is 5.66. The topological polar surface area (TPSA) is 61.5 Å². The van der Waals surface area contributed by atoms with Crippen LogP contribution in [0.5, 0.6) is 0 Å². The molecule has 0 aliphatic heterocycles. The maximum absolute atomic E-state index is 11.1. The summed E-state index contributed by atoms with van der Waals surface area (Å²) in [4.78, 5) is 11.1. The van der Waals surface area contributed by atoms with Gasteiger partial charge in [0.1, 0.15) is 9.15 Å². The molecule has 0 saturated carbocycles. The number of nitrogens with one attached hydrogen (secondary N) is 2. The highest BCUT2D eigenvalue weighted by molar-refractivity contribution is 7.73. The molecule has 0 bridgehead atoms. The molecule has 62 valence electrons. The van der Waals surface area contributed by atoms with Crippen LogP contribution in [0.2, 0.25) is 0 Å². The van der Waals surface area contributed by atoms with Crippen molar-refractivity contribution >= 4 is 30.2 Å². The van der Waals surface area contributed by atoms with Crippen molar-refractivity contribution in [3.8, 4) is 0 Å². The first-order valence-electron chi connectivity index (χ1n) is 3.01. The molecule has 0 saturated heterocycles. The minimum absolute atomic E-state index is 0.128. The summed E-state index contributed by atoms with van der Waals surface area (Å²) in [5.41, 5.74) is 0.128. The second kappa shape index (κ2) is 3.51. The Kier molecular flexibility index (Phi) is 2.61. The lowest BCUT2D eigenvalue weighted by atomic mass is 10.3. The van der Waals surface area contributed by atoms with Gasteiger partial charge in [-0.25, -0.2) is 5.21 Å². The Morgan fingerprint density at radius 1 is 1.58 bits per heavy atom. The molecule has 1 aromatic heterocycles. The van der Waals surface area contributed by atoms with E-state index < -0.39 is 0 Å². The third-order valence-electron chi connectivity index (χ3n) is 1.18. The van der Waals surface area contributed by atoms with Crippen molar-refractivity contribution in [2.75, 3.05) is 0 Å². The molecule has 2 N–H and O–H groups in total. The molecule has 0 unspecified atom stereocenters. The molecule has 6 heteroatoms. The van der Waals surface area contributed by atoms with Gasteiger partial charge in [0, 0.05) is 0 Å². The molecule has 0 radical (unpaired) electrons. The van der Waals surface area contributed by atoms with Crippen molar-refractivity contribution in [2.45, 2.75) is 0 Å². The molecule has 0 amide bonds. The molecule has 1 heterocycles. The smallest absolute Gasteiger partial charge is 0.207 e. The van der Waals surface area contributed by atoms with Gasteiger partial charge in [0.15, 0.2) is 5.69 Å². The zero-order valence-electron chi connectivity index (χ0n) is 5.96. The Labute approximate surface area is 78.3 Å². The Morgan fingerprint density at radius 2 is 2.25 bits per heavy atom. The quantitative estimate of drug-likeness (QED) is 0.431. The van der Waals surface area contributed by atoms with E-state index >= 15 is 0 Å². The largest absolute Gasteiger partial charge is 0.287 e. The number of carbonyl (C=O) groups excluding carboxylic acids is 1. The fourth-order valence-electron chi connectivity index (χ4n) is 0.613. The van der Waals surface area contributed by atoms with Crippen molar-refractivity contribution in [1.82, 2.24) is 15.4 Å². The lowest BCUT2D eigenvalue weighted by Gasteiger charge is -1.92. The number of hydrogen-bond acceptors (Lipinski definition) is 4. The van der Waals surface area contributed by atoms with Crippen LogP contribution >= 0.6 is 24.4 Å². The van der Waals surface area contributed by atoms with Gasteiger partial charge >= 0.3 is 0 Å². The van der Waals surface area contributed by atoms with Gasteiger partial charge in [-0.2, -0.15) is 5.10 Å². The monoisotopic (exact) mass is 199 g/mol. The lowest BCUT2D eigenvalue weighted by Crippen LogP contribution is -2.03. The number of aromatic amines is 2. The van der Waals surface area contributed by atoms with Gasteiger partial charge in [0.2, 0.25) is 5.78 Å². The predicted octanol–water partition coefficient (Wildman–Crippen LogP) is 1.57. The van der Waals surface area contributed by atoms with E-state index in [2.05, 4.69) is 22.0 Å². The molecule has 1 rings (SSSR count). The summed E-state index contributed by atoms with van der Waals surface area (Å²) in [6.45, 7) is 3.31. The first-order valence-corrected chi connectivity index (χ1v) is 3.82. The Hall–Kier alpha value is -1.14. The number of allylic oxidation sites excluding steroid dienone is 1. The van der Waals surface area contributed by atoms with Crippen LogP contribution in [0.15, 0.2) is 12.7 Å². The molecule has 12 heavy (non-hydrogen) atoms. The van der Waals surface area contributed by atoms with Gasteiger partial charge in [-0.1, -0.05) is 31.0 Å². The average molecular weight is 199 g/mol. The van der Waals surface area contributed by atoms with E-state index in [4.69, 9.17) is 24.4 Å². The molecule has 0 atom stereocenters. The van der Waals surface area contributed by atoms with Crippen molar-refractivity contribution in [3.05, 3.63) is 27.5 Å². The van der Waals surface area contributed by atoms with Crippen molar-refractivity contribution < 1.29 is 4.79 Å². The third-order valence-corrected chi connectivity index (χ3v) is 2.01. The van der Waals surface area contributed by atoms with E-state index in [-0.39, 0.29) is 16.0 Å². The molecule has 1 aromatic rings. The highest BCUT2D eigenvalue weighted by Gasteiger charge is 2.05. The van der Waals surface area contributed by atoms with E-state index in [1.165, 1.54) is 0 Å². The highest BCUT2D eigenvalue weighted by atomic mass is 32.1. The fourth-order valence-corrected chi connectivity index (χ4v) is 0.953. The van der Waals surface area contributed by atoms with Crippen molar-refractivity contribution in [2.24, 2.45) is 0 Å². The average Bonchev–Trinajstić information content (AvgIpc) is 2.08. The van der Waals surface area contributed by atoms with E-state index in [0.717, 1.165) is 6.08 Å². The van der Waals surface area contributed by atoms with Crippen LogP contribution in [0.4, 0.5) is 0 Å². The molecule has 0 fully saturated rings. The van der Waals surface area contributed by atoms with Crippen LogP contribution in [-0.4, -0.2) is 21.2 Å². The van der Waals surface area contributed by atoms with E-state index in [1.54, 1.807) is 0 Å². The van der Waals surface area contributed by atoms with E-state index in [1.807, 2.05) is 0 Å². The van der Waals surface area contributed by atoms with Crippen LogP contribution in [0, 0.1) is 9.15 Å². The standard InChI is InChI=1S/C6H5N3OS2/c1-2-3(10)4-5(11)6(12)8-9-7-4/h2H,1H2,(H,9,11)(H,7,8,12). The van der Waals surface area contributed by atoms with Gasteiger partial charge in [0.05, 0.1) is 0 Å². The summed E-state index contributed by atoms with van der Waals surface area (Å²) in [5.74, 6) is -0.337. The zero-order chi connectivity index (χ0) is 9.14. The number of carbonyl (C=O) groups is 1. The first kappa shape index (κ1) is 8.95. The highest BCUT2D eigenvalue weighted by Crippen LogP contribution is 1.98. The summed E-state index contributed by atoms with van der Waals surface area (Å²) in [6.07, 6.45) is 1.14. The molecule has 0 aromatic carbocycles. The maximum Gasteiger partial charge on any atom is 0.207 e. The Morgan fingerprint density at radius 3 is 2.83 bits per heavy atom. The van der Waals surface area contributed by atoms with Gasteiger partial charge in [-0.15, -0.1) is 0 Å². The van der Waals surface area contributed by atoms with Crippen LogP contribution in [-0.2, 0) is 0 Å². The van der Waals surface area contributed by atoms with E-state index in [9.17, 15) is 4.79 Å². The third kappa shape index (κ3) is 1.54. The molecule has 0 aliphatic rings.